The van der Waals surface area contributed by atoms with Crippen LogP contribution >= 0.6 is 0 Å². The van der Waals surface area contributed by atoms with Crippen molar-refractivity contribution in [3.63, 3.8) is 0 Å². The number of ether oxygens (including phenoxy) is 1. The van der Waals surface area contributed by atoms with E-state index in [2.05, 4.69) is 12.2 Å². The Morgan fingerprint density at radius 3 is 3.00 bits per heavy atom. The molecule has 4 nitrogen and oxygen atoms in total. The second kappa shape index (κ2) is 7.54. The van der Waals surface area contributed by atoms with E-state index < -0.39 is 0 Å². The Hall–Kier alpha value is -1.71. The van der Waals surface area contributed by atoms with Gasteiger partial charge in [-0.25, -0.2) is 4.79 Å². The van der Waals surface area contributed by atoms with E-state index in [0.29, 0.717) is 13.2 Å². The highest BCUT2D eigenvalue weighted by Gasteiger charge is 2.00. The maximum Gasteiger partial charge on any atom is 0.407 e. The van der Waals surface area contributed by atoms with Gasteiger partial charge < -0.3 is 15.8 Å². The second-order valence-electron chi connectivity index (χ2n) is 3.91. The fraction of sp³-hybridized carbons (Fsp3) is 0.462. The Balaban J connectivity index is 2.17. The highest BCUT2D eigenvalue weighted by molar-refractivity contribution is 5.67. The summed E-state index contributed by atoms with van der Waals surface area (Å²) in [7, 11) is 0. The standard InChI is InChI=1S/C13H20N2O2/c1-2-3-9-17-13(16)15-8-7-11-5-4-6-12(14)10-11/h4-6,10H,2-3,7-9,14H2,1H3,(H,15,16). The van der Waals surface area contributed by atoms with Crippen LogP contribution in [0.25, 0.3) is 0 Å². The molecule has 0 aliphatic carbocycles. The van der Waals surface area contributed by atoms with Crippen molar-refractivity contribution in [3.8, 4) is 0 Å². The summed E-state index contributed by atoms with van der Waals surface area (Å²) in [5, 5.41) is 2.71. The molecular formula is C13H20N2O2. The maximum absolute atomic E-state index is 11.2. The third-order valence-electron chi connectivity index (χ3n) is 2.37. The summed E-state index contributed by atoms with van der Waals surface area (Å²) in [6, 6.07) is 7.64. The molecule has 0 spiro atoms. The lowest BCUT2D eigenvalue weighted by Crippen LogP contribution is -2.26. The summed E-state index contributed by atoms with van der Waals surface area (Å²) in [4.78, 5) is 11.2. The van der Waals surface area contributed by atoms with Crippen LogP contribution < -0.4 is 11.1 Å². The van der Waals surface area contributed by atoms with Crippen molar-refractivity contribution >= 4 is 11.8 Å². The Kier molecular flexibility index (Phi) is 5.93. The molecule has 0 saturated carbocycles. The Morgan fingerprint density at radius 2 is 2.29 bits per heavy atom. The summed E-state index contributed by atoms with van der Waals surface area (Å²) in [5.74, 6) is 0. The molecule has 3 N–H and O–H groups in total. The molecule has 0 bridgehead atoms. The number of nitrogens with one attached hydrogen (secondary N) is 1. The van der Waals surface area contributed by atoms with Gasteiger partial charge in [0, 0.05) is 12.2 Å². The van der Waals surface area contributed by atoms with E-state index in [0.717, 1.165) is 30.5 Å². The number of anilines is 1. The summed E-state index contributed by atoms with van der Waals surface area (Å²) in [5.41, 5.74) is 7.51. The minimum Gasteiger partial charge on any atom is -0.450 e. The third-order valence-corrected chi connectivity index (χ3v) is 2.37. The molecular weight excluding hydrogens is 216 g/mol. The van der Waals surface area contributed by atoms with Crippen LogP contribution in [0.1, 0.15) is 25.3 Å². The van der Waals surface area contributed by atoms with E-state index in [-0.39, 0.29) is 6.09 Å². The van der Waals surface area contributed by atoms with Gasteiger partial charge in [0.1, 0.15) is 0 Å². The van der Waals surface area contributed by atoms with Crippen molar-refractivity contribution in [2.45, 2.75) is 26.2 Å². The van der Waals surface area contributed by atoms with E-state index in [1.165, 1.54) is 0 Å². The van der Waals surface area contributed by atoms with E-state index >= 15 is 0 Å². The minimum atomic E-state index is -0.345. The fourth-order valence-electron chi connectivity index (χ4n) is 1.42. The summed E-state index contributed by atoms with van der Waals surface area (Å²) in [6.07, 6.45) is 2.34. The minimum absolute atomic E-state index is 0.345. The number of carbonyl (C=O) groups excluding carboxylic acids is 1. The van der Waals surface area contributed by atoms with Crippen LogP contribution in [-0.4, -0.2) is 19.2 Å². The SMILES string of the molecule is CCCCOC(=O)NCCc1cccc(N)c1. The highest BCUT2D eigenvalue weighted by atomic mass is 16.5. The number of amides is 1. The topological polar surface area (TPSA) is 64.3 Å². The first kappa shape index (κ1) is 13.4. The van der Waals surface area contributed by atoms with Gasteiger partial charge in [0.25, 0.3) is 0 Å². The number of unbranched alkanes of at least 4 members (excludes halogenated alkanes) is 1. The number of nitrogens with two attached hydrogens (primary N) is 1. The molecule has 0 atom stereocenters. The molecule has 1 amide bonds. The van der Waals surface area contributed by atoms with Crippen LogP contribution in [0.5, 0.6) is 0 Å². The van der Waals surface area contributed by atoms with Gasteiger partial charge in [-0.15, -0.1) is 0 Å². The van der Waals surface area contributed by atoms with Crippen molar-refractivity contribution < 1.29 is 9.53 Å². The second-order valence-corrected chi connectivity index (χ2v) is 3.91. The molecule has 0 heterocycles. The lowest BCUT2D eigenvalue weighted by atomic mass is 10.1. The van der Waals surface area contributed by atoms with Crippen molar-refractivity contribution in [2.75, 3.05) is 18.9 Å². The molecule has 0 aliphatic heterocycles. The molecule has 1 rings (SSSR count). The van der Waals surface area contributed by atoms with Crippen molar-refractivity contribution in [2.24, 2.45) is 0 Å². The van der Waals surface area contributed by atoms with Crippen molar-refractivity contribution in [1.82, 2.24) is 5.32 Å². The predicted molar refractivity (Wildman–Crippen MR) is 68.8 cm³/mol. The summed E-state index contributed by atoms with van der Waals surface area (Å²) >= 11 is 0. The molecule has 0 aliphatic rings. The van der Waals surface area contributed by atoms with Gasteiger partial charge in [-0.3, -0.25) is 0 Å². The zero-order valence-corrected chi connectivity index (χ0v) is 10.2. The zero-order chi connectivity index (χ0) is 12.5. The molecule has 0 saturated heterocycles. The summed E-state index contributed by atoms with van der Waals surface area (Å²) < 4.78 is 4.97. The van der Waals surface area contributed by atoms with Crippen LogP contribution in [0.4, 0.5) is 10.5 Å². The largest absolute Gasteiger partial charge is 0.450 e. The molecule has 4 heteroatoms. The van der Waals surface area contributed by atoms with E-state index in [4.69, 9.17) is 10.5 Å². The van der Waals surface area contributed by atoms with Gasteiger partial charge in [-0.2, -0.15) is 0 Å². The monoisotopic (exact) mass is 236 g/mol. The molecule has 94 valence electrons. The van der Waals surface area contributed by atoms with Gasteiger partial charge in [-0.05, 0) is 30.5 Å². The first-order chi connectivity index (χ1) is 8.22. The van der Waals surface area contributed by atoms with Crippen LogP contribution in [0.2, 0.25) is 0 Å². The van der Waals surface area contributed by atoms with Crippen LogP contribution in [0, 0.1) is 0 Å². The lowest BCUT2D eigenvalue weighted by Gasteiger charge is -2.06. The number of nitrogen functional groups attached to an aromatic ring is 1. The average Bonchev–Trinajstić information content (AvgIpc) is 2.29. The molecule has 0 radical (unpaired) electrons. The van der Waals surface area contributed by atoms with E-state index in [1.54, 1.807) is 0 Å². The summed E-state index contributed by atoms with van der Waals surface area (Å²) in [6.45, 7) is 3.11. The number of carbonyl (C=O) groups is 1. The molecule has 0 fully saturated rings. The Bertz CT molecular complexity index is 353. The van der Waals surface area contributed by atoms with Crippen LogP contribution in [0.15, 0.2) is 24.3 Å². The van der Waals surface area contributed by atoms with Gasteiger partial charge in [0.2, 0.25) is 0 Å². The van der Waals surface area contributed by atoms with Gasteiger partial charge in [0.05, 0.1) is 6.61 Å². The highest BCUT2D eigenvalue weighted by Crippen LogP contribution is 2.06. The van der Waals surface area contributed by atoms with Gasteiger partial charge in [-0.1, -0.05) is 25.5 Å². The maximum atomic E-state index is 11.2. The van der Waals surface area contributed by atoms with E-state index in [1.807, 2.05) is 24.3 Å². The predicted octanol–water partition coefficient (Wildman–Crippen LogP) is 2.34. The molecule has 0 aromatic heterocycles. The third kappa shape index (κ3) is 5.80. The Labute approximate surface area is 102 Å². The van der Waals surface area contributed by atoms with Gasteiger partial charge in [0.15, 0.2) is 0 Å². The number of alkyl carbamates (subject to hydrolysis) is 1. The molecule has 1 aromatic rings. The first-order valence-corrected chi connectivity index (χ1v) is 5.97. The number of hydrogen-bond acceptors (Lipinski definition) is 3. The van der Waals surface area contributed by atoms with Crippen molar-refractivity contribution in [3.05, 3.63) is 29.8 Å². The molecule has 0 unspecified atom stereocenters. The van der Waals surface area contributed by atoms with Gasteiger partial charge >= 0.3 is 6.09 Å². The lowest BCUT2D eigenvalue weighted by molar-refractivity contribution is 0.144. The van der Waals surface area contributed by atoms with Crippen LogP contribution in [0.3, 0.4) is 0 Å². The number of benzene rings is 1. The quantitative estimate of drug-likeness (QED) is 0.588. The first-order valence-electron chi connectivity index (χ1n) is 5.97. The van der Waals surface area contributed by atoms with Crippen LogP contribution in [-0.2, 0) is 11.2 Å². The molecule has 1 aromatic carbocycles. The van der Waals surface area contributed by atoms with Crippen molar-refractivity contribution in [1.29, 1.82) is 0 Å². The zero-order valence-electron chi connectivity index (χ0n) is 10.2. The average molecular weight is 236 g/mol. The Morgan fingerprint density at radius 1 is 1.47 bits per heavy atom. The number of hydrogen-bond donors (Lipinski definition) is 2. The number of rotatable bonds is 6. The molecule has 17 heavy (non-hydrogen) atoms. The fourth-order valence-corrected chi connectivity index (χ4v) is 1.42. The normalized spacial score (nSPS) is 9.94. The van der Waals surface area contributed by atoms with E-state index in [9.17, 15) is 4.79 Å². The smallest absolute Gasteiger partial charge is 0.407 e.